The molecule has 5 amide bonds. The number of anilines is 1. The summed E-state index contributed by atoms with van der Waals surface area (Å²) in [5.41, 5.74) is 8.80. The van der Waals surface area contributed by atoms with Gasteiger partial charge in [-0.05, 0) is 56.4 Å². The van der Waals surface area contributed by atoms with Crippen LogP contribution in [0.5, 0.6) is 0 Å². The van der Waals surface area contributed by atoms with Crippen LogP contribution in [0.1, 0.15) is 25.8 Å². The molecule has 11 heteroatoms. The van der Waals surface area contributed by atoms with Crippen molar-refractivity contribution in [3.63, 3.8) is 0 Å². The molecule has 1 aliphatic heterocycles. The molecule has 0 aliphatic carbocycles. The number of thioether (sulfide) groups is 1. The summed E-state index contributed by atoms with van der Waals surface area (Å²) in [6.45, 7) is 3.84. The summed E-state index contributed by atoms with van der Waals surface area (Å²) in [4.78, 5) is 57.6. The molecule has 1 aromatic heterocycles. The van der Waals surface area contributed by atoms with Crippen molar-refractivity contribution in [1.29, 1.82) is 0 Å². The summed E-state index contributed by atoms with van der Waals surface area (Å²) in [7, 11) is 0. The highest BCUT2D eigenvalue weighted by molar-refractivity contribution is 7.98. The number of rotatable bonds is 9. The SMILES string of the molecule is CSc1cccc(NC(=O)NC2CCN(C(=O)C=C(C)C)C2C(=O)NC(Cc2c[nH]c3ccccc23)C(N)=O)c1. The van der Waals surface area contributed by atoms with Crippen LogP contribution >= 0.6 is 11.8 Å². The maximum absolute atomic E-state index is 13.7. The molecule has 210 valence electrons. The van der Waals surface area contributed by atoms with Gasteiger partial charge in [0.1, 0.15) is 12.1 Å². The summed E-state index contributed by atoms with van der Waals surface area (Å²) in [6.07, 6.45) is 5.71. The van der Waals surface area contributed by atoms with E-state index in [2.05, 4.69) is 20.9 Å². The number of hydrogen-bond donors (Lipinski definition) is 5. The molecule has 0 radical (unpaired) electrons. The van der Waals surface area contributed by atoms with E-state index in [9.17, 15) is 19.2 Å². The van der Waals surface area contributed by atoms with Crippen LogP contribution in [-0.2, 0) is 20.8 Å². The van der Waals surface area contributed by atoms with Crippen LogP contribution in [0.25, 0.3) is 10.9 Å². The van der Waals surface area contributed by atoms with Gasteiger partial charge in [0.25, 0.3) is 0 Å². The van der Waals surface area contributed by atoms with Crippen molar-refractivity contribution in [3.05, 3.63) is 71.9 Å². The van der Waals surface area contributed by atoms with Crippen LogP contribution in [0, 0.1) is 0 Å². The Balaban J connectivity index is 1.53. The minimum atomic E-state index is -1.03. The molecule has 6 N–H and O–H groups in total. The second kappa shape index (κ2) is 12.7. The molecule has 0 bridgehead atoms. The highest BCUT2D eigenvalue weighted by atomic mass is 32.2. The van der Waals surface area contributed by atoms with Crippen molar-refractivity contribution < 1.29 is 19.2 Å². The number of amides is 5. The largest absolute Gasteiger partial charge is 0.368 e. The van der Waals surface area contributed by atoms with Gasteiger partial charge >= 0.3 is 6.03 Å². The van der Waals surface area contributed by atoms with E-state index in [1.165, 1.54) is 11.0 Å². The summed E-state index contributed by atoms with van der Waals surface area (Å²) in [5, 5.41) is 9.32. The van der Waals surface area contributed by atoms with Crippen LogP contribution < -0.4 is 21.7 Å². The Kier molecular flexibility index (Phi) is 9.15. The first-order valence-corrected chi connectivity index (χ1v) is 14.2. The number of carbonyl (C=O) groups excluding carboxylic acids is 4. The third kappa shape index (κ3) is 6.84. The molecule has 2 heterocycles. The van der Waals surface area contributed by atoms with E-state index in [1.54, 1.807) is 37.9 Å². The zero-order chi connectivity index (χ0) is 28.8. The fourth-order valence-corrected chi connectivity index (χ4v) is 5.34. The van der Waals surface area contributed by atoms with E-state index in [1.807, 2.05) is 48.7 Å². The van der Waals surface area contributed by atoms with E-state index in [4.69, 9.17) is 5.73 Å². The molecule has 3 atom stereocenters. The number of aromatic amines is 1. The number of likely N-dealkylation sites (tertiary alicyclic amines) is 1. The number of carbonyl (C=O) groups is 4. The quantitative estimate of drug-likeness (QED) is 0.201. The van der Waals surface area contributed by atoms with Gasteiger partial charge in [-0.15, -0.1) is 11.8 Å². The molecule has 40 heavy (non-hydrogen) atoms. The molecule has 1 saturated heterocycles. The number of nitrogens with two attached hydrogens (primary N) is 1. The number of hydrogen-bond acceptors (Lipinski definition) is 5. The molecule has 2 aromatic carbocycles. The number of aromatic nitrogens is 1. The summed E-state index contributed by atoms with van der Waals surface area (Å²) < 4.78 is 0. The van der Waals surface area contributed by atoms with Crippen molar-refractivity contribution in [2.75, 3.05) is 18.1 Å². The number of urea groups is 1. The number of allylic oxidation sites excluding steroid dienone is 1. The zero-order valence-electron chi connectivity index (χ0n) is 22.7. The fourth-order valence-electron chi connectivity index (χ4n) is 4.88. The number of nitrogens with zero attached hydrogens (tertiary/aromatic N) is 1. The fraction of sp³-hybridized carbons (Fsp3) is 0.310. The number of benzene rings is 2. The first-order valence-electron chi connectivity index (χ1n) is 13.0. The number of fused-ring (bicyclic) bond motifs is 1. The summed E-state index contributed by atoms with van der Waals surface area (Å²) >= 11 is 1.55. The average Bonchev–Trinajstić information content (AvgIpc) is 3.52. The lowest BCUT2D eigenvalue weighted by Crippen LogP contribution is -2.58. The number of para-hydroxylation sites is 1. The first-order chi connectivity index (χ1) is 19.2. The Bertz CT molecular complexity index is 1450. The molecular formula is C29H34N6O4S. The van der Waals surface area contributed by atoms with Crippen molar-refractivity contribution in [1.82, 2.24) is 20.5 Å². The van der Waals surface area contributed by atoms with Crippen molar-refractivity contribution in [2.24, 2.45) is 5.73 Å². The zero-order valence-corrected chi connectivity index (χ0v) is 23.5. The number of primary amides is 1. The Morgan fingerprint density at radius 2 is 1.93 bits per heavy atom. The van der Waals surface area contributed by atoms with Crippen molar-refractivity contribution in [3.8, 4) is 0 Å². The van der Waals surface area contributed by atoms with Gasteiger partial charge in [0.15, 0.2) is 0 Å². The lowest BCUT2D eigenvalue weighted by atomic mass is 10.0. The lowest BCUT2D eigenvalue weighted by molar-refractivity contribution is -0.137. The highest BCUT2D eigenvalue weighted by Gasteiger charge is 2.43. The minimum absolute atomic E-state index is 0.171. The molecule has 3 aromatic rings. The minimum Gasteiger partial charge on any atom is -0.368 e. The predicted molar refractivity (Wildman–Crippen MR) is 157 cm³/mol. The molecule has 3 unspecified atom stereocenters. The van der Waals surface area contributed by atoms with Crippen LogP contribution in [0.15, 0.2) is 71.3 Å². The maximum Gasteiger partial charge on any atom is 0.319 e. The monoisotopic (exact) mass is 562 g/mol. The lowest BCUT2D eigenvalue weighted by Gasteiger charge is -2.28. The summed E-state index contributed by atoms with van der Waals surface area (Å²) in [6, 6.07) is 11.8. The third-order valence-corrected chi connectivity index (χ3v) is 7.49. The van der Waals surface area contributed by atoms with Crippen molar-refractivity contribution >= 4 is 52.1 Å². The van der Waals surface area contributed by atoms with E-state index < -0.39 is 36.0 Å². The van der Waals surface area contributed by atoms with E-state index in [-0.39, 0.29) is 18.9 Å². The number of H-pyrrole nitrogens is 1. The van der Waals surface area contributed by atoms with Gasteiger partial charge in [-0.25, -0.2) is 4.79 Å². The normalized spacial score (nSPS) is 17.2. The molecule has 0 spiro atoms. The van der Waals surface area contributed by atoms with Gasteiger partial charge in [0, 0.05) is 46.7 Å². The third-order valence-electron chi connectivity index (χ3n) is 6.76. The smallest absolute Gasteiger partial charge is 0.319 e. The topological polar surface area (TPSA) is 149 Å². The van der Waals surface area contributed by atoms with Crippen LogP contribution in [-0.4, -0.2) is 64.6 Å². The molecule has 1 aliphatic rings. The van der Waals surface area contributed by atoms with Gasteiger partial charge in [-0.3, -0.25) is 14.4 Å². The Labute approximate surface area is 237 Å². The molecule has 4 rings (SSSR count). The van der Waals surface area contributed by atoms with Gasteiger partial charge in [-0.1, -0.05) is 29.8 Å². The first kappa shape index (κ1) is 28.8. The number of nitrogens with one attached hydrogen (secondary N) is 4. The molecular weight excluding hydrogens is 528 g/mol. The van der Waals surface area contributed by atoms with Gasteiger partial charge in [0.05, 0.1) is 6.04 Å². The van der Waals surface area contributed by atoms with E-state index >= 15 is 0 Å². The van der Waals surface area contributed by atoms with Crippen molar-refractivity contribution in [2.45, 2.75) is 49.7 Å². The van der Waals surface area contributed by atoms with E-state index in [0.717, 1.165) is 26.9 Å². The second-order valence-electron chi connectivity index (χ2n) is 9.95. The summed E-state index contributed by atoms with van der Waals surface area (Å²) in [5.74, 6) is -1.61. The average molecular weight is 563 g/mol. The predicted octanol–water partition coefficient (Wildman–Crippen LogP) is 3.16. The molecule has 0 saturated carbocycles. The molecule has 1 fully saturated rings. The maximum atomic E-state index is 13.7. The van der Waals surface area contributed by atoms with Gasteiger partial charge in [0.2, 0.25) is 17.7 Å². The molecule has 10 nitrogen and oxygen atoms in total. The Morgan fingerprint density at radius 3 is 2.65 bits per heavy atom. The van der Waals surface area contributed by atoms with Gasteiger partial charge < -0.3 is 31.6 Å². The van der Waals surface area contributed by atoms with E-state index in [0.29, 0.717) is 12.1 Å². The van der Waals surface area contributed by atoms with Crippen LogP contribution in [0.4, 0.5) is 10.5 Å². The second-order valence-corrected chi connectivity index (χ2v) is 10.8. The Morgan fingerprint density at radius 1 is 1.15 bits per heavy atom. The van der Waals surface area contributed by atoms with Gasteiger partial charge in [-0.2, -0.15) is 0 Å². The highest BCUT2D eigenvalue weighted by Crippen LogP contribution is 2.23. The van der Waals surface area contributed by atoms with Crippen LogP contribution in [0.3, 0.4) is 0 Å². The standard InChI is InChI=1S/C29H34N6O4S/c1-17(2)13-25(36)35-12-11-23(34-29(39)32-19-7-6-8-20(15-19)40-3)26(35)28(38)33-24(27(30)37)14-18-16-31-22-10-5-4-9-21(18)22/h4-10,13,15-16,23-24,26,31H,11-12,14H2,1-3H3,(H2,30,37)(H,33,38)(H2,32,34,39). The van der Waals surface area contributed by atoms with Crippen LogP contribution in [0.2, 0.25) is 0 Å². The Hall–Kier alpha value is -4.25.